The second-order valence-electron chi connectivity index (χ2n) is 6.54. The van der Waals surface area contributed by atoms with Crippen molar-refractivity contribution in [3.8, 4) is 0 Å². The molecule has 0 aromatic heterocycles. The van der Waals surface area contributed by atoms with Gasteiger partial charge >= 0.3 is 5.97 Å². The fourth-order valence-corrected chi connectivity index (χ4v) is 3.64. The molecular formula is C18H15N2O9S-. The Morgan fingerprint density at radius 3 is 2.20 bits per heavy atom. The lowest BCUT2D eigenvalue weighted by Gasteiger charge is -2.15. The highest BCUT2D eigenvalue weighted by Crippen LogP contribution is 2.21. The maximum atomic E-state index is 11.9. The van der Waals surface area contributed by atoms with Gasteiger partial charge in [-0.1, -0.05) is 12.1 Å². The minimum atomic E-state index is -5.03. The van der Waals surface area contributed by atoms with Gasteiger partial charge in [-0.3, -0.25) is 19.2 Å². The number of hydroxylamine groups is 2. The number of benzene rings is 1. The molecule has 0 saturated carbocycles. The molecule has 1 unspecified atom stereocenters. The van der Waals surface area contributed by atoms with Crippen molar-refractivity contribution in [2.24, 2.45) is 0 Å². The molecule has 4 amide bonds. The highest BCUT2D eigenvalue weighted by Gasteiger charge is 2.45. The second-order valence-corrected chi connectivity index (χ2v) is 8.10. The predicted octanol–water partition coefficient (Wildman–Crippen LogP) is -0.430. The first-order chi connectivity index (χ1) is 14.1. The Labute approximate surface area is 170 Å². The summed E-state index contributed by atoms with van der Waals surface area (Å²) in [7, 11) is -5.03. The lowest BCUT2D eigenvalue weighted by Crippen LogP contribution is -2.36. The number of carbonyl (C=O) groups is 5. The van der Waals surface area contributed by atoms with Crippen LogP contribution in [0.4, 0.5) is 5.69 Å². The molecule has 0 aliphatic carbocycles. The topological polar surface area (TPSA) is 158 Å². The van der Waals surface area contributed by atoms with Crippen LogP contribution in [-0.2, 0) is 45.3 Å². The zero-order valence-electron chi connectivity index (χ0n) is 15.3. The Bertz CT molecular complexity index is 1040. The normalized spacial score (nSPS) is 19.2. The van der Waals surface area contributed by atoms with Gasteiger partial charge in [-0.25, -0.2) is 18.1 Å². The van der Waals surface area contributed by atoms with E-state index in [1.54, 1.807) is 24.3 Å². The minimum Gasteiger partial charge on any atom is -0.747 e. The smallest absolute Gasteiger partial charge is 0.333 e. The summed E-state index contributed by atoms with van der Waals surface area (Å²) in [6.45, 7) is 0. The van der Waals surface area contributed by atoms with Gasteiger partial charge in [0, 0.05) is 18.6 Å². The molecule has 0 spiro atoms. The molecule has 0 N–H and O–H groups in total. The average Bonchev–Trinajstić information content (AvgIpc) is 3.15. The van der Waals surface area contributed by atoms with Crippen LogP contribution in [-0.4, -0.2) is 52.9 Å². The van der Waals surface area contributed by atoms with E-state index in [1.165, 1.54) is 12.2 Å². The largest absolute Gasteiger partial charge is 0.747 e. The standard InChI is InChI=1S/C18H16N2O9S/c21-14-8-9-15(22)19(14)12-6-4-11(5-7-12)2-1-3-17(24)29-20-16(23)10-13(18(20)25)30(26,27)28/h4-9,13H,1-3,10H2,(H,26,27,28)/p-1. The molecular weight excluding hydrogens is 420 g/mol. The van der Waals surface area contributed by atoms with Crippen LogP contribution in [0.2, 0.25) is 0 Å². The van der Waals surface area contributed by atoms with Crippen LogP contribution in [0.5, 0.6) is 0 Å². The first-order valence-corrected chi connectivity index (χ1v) is 10.2. The van der Waals surface area contributed by atoms with Gasteiger partial charge in [0.05, 0.1) is 12.1 Å². The summed E-state index contributed by atoms with van der Waals surface area (Å²) >= 11 is 0. The van der Waals surface area contributed by atoms with Gasteiger partial charge in [0.1, 0.15) is 15.4 Å². The van der Waals surface area contributed by atoms with E-state index >= 15 is 0 Å². The monoisotopic (exact) mass is 435 g/mol. The first-order valence-electron chi connectivity index (χ1n) is 8.75. The number of anilines is 1. The Kier molecular flexibility index (Phi) is 5.80. The number of hydrogen-bond acceptors (Lipinski definition) is 9. The van der Waals surface area contributed by atoms with Crippen LogP contribution < -0.4 is 4.90 Å². The van der Waals surface area contributed by atoms with Gasteiger partial charge in [0.15, 0.2) is 0 Å². The van der Waals surface area contributed by atoms with Gasteiger partial charge in [0.2, 0.25) is 0 Å². The fraction of sp³-hybridized carbons (Fsp3) is 0.278. The molecule has 2 aliphatic heterocycles. The van der Waals surface area contributed by atoms with Crippen molar-refractivity contribution in [3.63, 3.8) is 0 Å². The average molecular weight is 435 g/mol. The van der Waals surface area contributed by atoms with Crippen LogP contribution >= 0.6 is 0 Å². The second kappa shape index (κ2) is 8.16. The Morgan fingerprint density at radius 1 is 1.07 bits per heavy atom. The van der Waals surface area contributed by atoms with E-state index in [-0.39, 0.29) is 17.9 Å². The van der Waals surface area contributed by atoms with Crippen molar-refractivity contribution < 1.29 is 41.8 Å². The SMILES string of the molecule is O=C(CCCc1ccc(N2C(=O)C=CC2=O)cc1)ON1C(=O)CC(S(=O)(=O)[O-])C1=O. The Balaban J connectivity index is 1.49. The van der Waals surface area contributed by atoms with Crippen molar-refractivity contribution in [3.05, 3.63) is 42.0 Å². The molecule has 0 bridgehead atoms. The summed E-state index contributed by atoms with van der Waals surface area (Å²) in [5.41, 5.74) is 1.21. The third kappa shape index (κ3) is 4.44. The van der Waals surface area contributed by atoms with E-state index in [2.05, 4.69) is 4.84 Å². The molecule has 1 aromatic carbocycles. The maximum absolute atomic E-state index is 11.9. The third-order valence-corrected chi connectivity index (χ3v) is 5.52. The molecule has 2 heterocycles. The summed E-state index contributed by atoms with van der Waals surface area (Å²) < 4.78 is 32.9. The van der Waals surface area contributed by atoms with E-state index in [4.69, 9.17) is 0 Å². The Hall–Kier alpha value is -3.38. The number of aryl methyl sites for hydroxylation is 1. The molecule has 0 radical (unpaired) electrons. The number of amides is 4. The number of nitrogens with zero attached hydrogens (tertiary/aromatic N) is 2. The molecule has 2 aliphatic rings. The molecule has 1 atom stereocenters. The lowest BCUT2D eigenvalue weighted by atomic mass is 10.1. The van der Waals surface area contributed by atoms with E-state index in [0.29, 0.717) is 12.1 Å². The van der Waals surface area contributed by atoms with E-state index in [9.17, 15) is 36.9 Å². The van der Waals surface area contributed by atoms with E-state index in [0.717, 1.165) is 10.5 Å². The van der Waals surface area contributed by atoms with Gasteiger partial charge in [-0.15, -0.1) is 5.06 Å². The van der Waals surface area contributed by atoms with Crippen LogP contribution in [0, 0.1) is 0 Å². The van der Waals surface area contributed by atoms with Gasteiger partial charge in [0.25, 0.3) is 23.6 Å². The molecule has 1 fully saturated rings. The summed E-state index contributed by atoms with van der Waals surface area (Å²) in [6.07, 6.45) is 2.00. The zero-order valence-corrected chi connectivity index (χ0v) is 16.2. The molecule has 1 saturated heterocycles. The van der Waals surface area contributed by atoms with E-state index < -0.39 is 51.4 Å². The molecule has 1 aromatic rings. The number of rotatable bonds is 7. The molecule has 158 valence electrons. The van der Waals surface area contributed by atoms with Crippen LogP contribution in [0.3, 0.4) is 0 Å². The van der Waals surface area contributed by atoms with Gasteiger partial charge in [-0.2, -0.15) is 0 Å². The molecule has 30 heavy (non-hydrogen) atoms. The van der Waals surface area contributed by atoms with Crippen LogP contribution in [0.25, 0.3) is 0 Å². The molecule has 11 nitrogen and oxygen atoms in total. The highest BCUT2D eigenvalue weighted by molar-refractivity contribution is 7.87. The van der Waals surface area contributed by atoms with Crippen molar-refractivity contribution in [2.75, 3.05) is 4.90 Å². The van der Waals surface area contributed by atoms with Crippen molar-refractivity contribution in [2.45, 2.75) is 30.9 Å². The van der Waals surface area contributed by atoms with Gasteiger partial charge in [-0.05, 0) is 30.5 Å². The number of hydrogen-bond donors (Lipinski definition) is 0. The third-order valence-electron chi connectivity index (χ3n) is 4.45. The molecule has 3 rings (SSSR count). The van der Waals surface area contributed by atoms with Crippen LogP contribution in [0.1, 0.15) is 24.8 Å². The summed E-state index contributed by atoms with van der Waals surface area (Å²) in [5, 5.41) is -2.06. The quantitative estimate of drug-likeness (QED) is 0.409. The predicted molar refractivity (Wildman–Crippen MR) is 97.1 cm³/mol. The summed E-state index contributed by atoms with van der Waals surface area (Å²) in [4.78, 5) is 64.2. The van der Waals surface area contributed by atoms with Crippen molar-refractivity contribution in [1.29, 1.82) is 0 Å². The van der Waals surface area contributed by atoms with Crippen molar-refractivity contribution in [1.82, 2.24) is 5.06 Å². The fourth-order valence-electron chi connectivity index (χ4n) is 2.95. The summed E-state index contributed by atoms with van der Waals surface area (Å²) in [6, 6.07) is 6.52. The lowest BCUT2D eigenvalue weighted by molar-refractivity contribution is -0.197. The zero-order chi connectivity index (χ0) is 22.1. The number of carbonyl (C=O) groups excluding carboxylic acids is 5. The highest BCUT2D eigenvalue weighted by atomic mass is 32.2. The number of imide groups is 2. The van der Waals surface area contributed by atoms with Gasteiger partial charge < -0.3 is 9.39 Å². The van der Waals surface area contributed by atoms with Crippen molar-refractivity contribution >= 4 is 45.4 Å². The van der Waals surface area contributed by atoms with Crippen LogP contribution in [0.15, 0.2) is 36.4 Å². The minimum absolute atomic E-state index is 0.0232. The Morgan fingerprint density at radius 2 is 1.67 bits per heavy atom. The maximum Gasteiger partial charge on any atom is 0.333 e. The van der Waals surface area contributed by atoms with E-state index in [1.807, 2.05) is 0 Å². The summed E-state index contributed by atoms with van der Waals surface area (Å²) in [5.74, 6) is -4.26. The molecule has 12 heteroatoms. The first kappa shape index (κ1) is 21.3.